The van der Waals surface area contributed by atoms with Crippen LogP contribution in [0.15, 0.2) is 18.2 Å². The van der Waals surface area contributed by atoms with Crippen molar-refractivity contribution in [2.24, 2.45) is 0 Å². The minimum absolute atomic E-state index is 0.576. The fourth-order valence-electron chi connectivity index (χ4n) is 1.57. The molecule has 0 aliphatic rings. The molecule has 0 aliphatic heterocycles. The van der Waals surface area contributed by atoms with Crippen LogP contribution in [0.5, 0.6) is 5.75 Å². The van der Waals surface area contributed by atoms with Crippen LogP contribution in [0.4, 0.5) is 0 Å². The van der Waals surface area contributed by atoms with Crippen molar-refractivity contribution < 1.29 is 9.47 Å². The van der Waals surface area contributed by atoms with E-state index in [0.717, 1.165) is 24.3 Å². The Morgan fingerprint density at radius 2 is 2.16 bits per heavy atom. The van der Waals surface area contributed by atoms with Crippen molar-refractivity contribution in [3.05, 3.63) is 28.8 Å². The molecular weight excluding hydrogens is 262 g/mol. The summed E-state index contributed by atoms with van der Waals surface area (Å²) in [6.45, 7) is 4.52. The maximum atomic E-state index is 6.20. The van der Waals surface area contributed by atoms with Crippen LogP contribution in [0.1, 0.15) is 18.9 Å². The lowest BCUT2D eigenvalue weighted by molar-refractivity contribution is 0.199. The molecule has 0 bridgehead atoms. The Hall–Kier alpha value is -1.21. The van der Waals surface area contributed by atoms with Gasteiger partial charge >= 0.3 is 0 Å². The molecule has 1 rings (SSSR count). The van der Waals surface area contributed by atoms with Gasteiger partial charge < -0.3 is 14.8 Å². The van der Waals surface area contributed by atoms with E-state index >= 15 is 0 Å². The smallest absolute Gasteiger partial charge is 0.125 e. The fraction of sp³-hybridized carbons (Fsp3) is 0.467. The second-order valence-electron chi connectivity index (χ2n) is 3.91. The first-order chi connectivity index (χ1) is 9.29. The number of nitrogens with one attached hydrogen (secondary N) is 1. The highest BCUT2D eigenvalue weighted by atomic mass is 35.5. The van der Waals surface area contributed by atoms with Crippen LogP contribution >= 0.6 is 11.6 Å². The largest absolute Gasteiger partial charge is 0.492 e. The highest BCUT2D eigenvalue weighted by Crippen LogP contribution is 2.26. The molecule has 0 saturated heterocycles. The third kappa shape index (κ3) is 5.98. The second kappa shape index (κ2) is 9.69. The minimum Gasteiger partial charge on any atom is -0.492 e. The van der Waals surface area contributed by atoms with Crippen LogP contribution in [0.2, 0.25) is 5.02 Å². The van der Waals surface area contributed by atoms with E-state index in [4.69, 9.17) is 21.1 Å². The van der Waals surface area contributed by atoms with E-state index in [1.807, 2.05) is 25.1 Å². The Morgan fingerprint density at radius 1 is 1.32 bits per heavy atom. The number of rotatable bonds is 8. The molecule has 0 amide bonds. The van der Waals surface area contributed by atoms with Crippen LogP contribution in [-0.4, -0.2) is 26.9 Å². The SMILES string of the molecule is CC#CCCOc1cccc(Cl)c1CNCCOC. The zero-order valence-electron chi connectivity index (χ0n) is 11.5. The average molecular weight is 282 g/mol. The molecule has 0 spiro atoms. The summed E-state index contributed by atoms with van der Waals surface area (Å²) >= 11 is 6.20. The van der Waals surface area contributed by atoms with Gasteiger partial charge in [0.1, 0.15) is 5.75 Å². The third-order valence-electron chi connectivity index (χ3n) is 2.52. The minimum atomic E-state index is 0.576. The van der Waals surface area contributed by atoms with Gasteiger partial charge in [-0.05, 0) is 19.1 Å². The monoisotopic (exact) mass is 281 g/mol. The van der Waals surface area contributed by atoms with Gasteiger partial charge in [0.05, 0.1) is 13.2 Å². The summed E-state index contributed by atoms with van der Waals surface area (Å²) in [5.74, 6) is 6.63. The van der Waals surface area contributed by atoms with Gasteiger partial charge in [-0.3, -0.25) is 0 Å². The molecule has 104 valence electrons. The second-order valence-corrected chi connectivity index (χ2v) is 4.32. The molecule has 0 aliphatic carbocycles. The van der Waals surface area contributed by atoms with Crippen LogP contribution in [0, 0.1) is 11.8 Å². The maximum Gasteiger partial charge on any atom is 0.125 e. The predicted molar refractivity (Wildman–Crippen MR) is 78.6 cm³/mol. The molecule has 0 heterocycles. The molecule has 4 heteroatoms. The predicted octanol–water partition coefficient (Wildman–Crippen LogP) is 2.87. The third-order valence-corrected chi connectivity index (χ3v) is 2.88. The summed E-state index contributed by atoms with van der Waals surface area (Å²) in [5, 5.41) is 3.98. The first-order valence-corrected chi connectivity index (χ1v) is 6.66. The number of benzene rings is 1. The first kappa shape index (κ1) is 15.8. The van der Waals surface area contributed by atoms with Crippen molar-refractivity contribution in [2.45, 2.75) is 19.9 Å². The summed E-state index contributed by atoms with van der Waals surface area (Å²) in [6.07, 6.45) is 0.722. The molecule has 0 saturated carbocycles. The summed E-state index contributed by atoms with van der Waals surface area (Å²) in [6, 6.07) is 5.69. The lowest BCUT2D eigenvalue weighted by atomic mass is 10.2. The van der Waals surface area contributed by atoms with Gasteiger partial charge in [-0.15, -0.1) is 11.8 Å². The van der Waals surface area contributed by atoms with E-state index in [-0.39, 0.29) is 0 Å². The highest BCUT2D eigenvalue weighted by molar-refractivity contribution is 6.31. The molecule has 0 atom stereocenters. The molecule has 0 unspecified atom stereocenters. The molecule has 1 N–H and O–H groups in total. The molecule has 0 radical (unpaired) electrons. The van der Waals surface area contributed by atoms with Gasteiger partial charge in [0.25, 0.3) is 0 Å². The van der Waals surface area contributed by atoms with E-state index in [1.54, 1.807) is 7.11 Å². The number of halogens is 1. The fourth-order valence-corrected chi connectivity index (χ4v) is 1.80. The van der Waals surface area contributed by atoms with E-state index < -0.39 is 0 Å². The summed E-state index contributed by atoms with van der Waals surface area (Å²) in [7, 11) is 1.68. The maximum absolute atomic E-state index is 6.20. The topological polar surface area (TPSA) is 30.5 Å². The number of hydrogen-bond donors (Lipinski definition) is 1. The normalized spacial score (nSPS) is 9.84. The van der Waals surface area contributed by atoms with Crippen molar-refractivity contribution in [1.82, 2.24) is 5.32 Å². The zero-order valence-corrected chi connectivity index (χ0v) is 12.2. The standard InChI is InChI=1S/C15H20ClNO2/c1-3-4-5-10-19-15-8-6-7-14(16)13(15)12-17-9-11-18-2/h6-8,17H,5,9-12H2,1-2H3. The Labute approximate surface area is 120 Å². The molecular formula is C15H20ClNO2. The number of ether oxygens (including phenoxy) is 2. The van der Waals surface area contributed by atoms with Gasteiger partial charge in [-0.25, -0.2) is 0 Å². The van der Waals surface area contributed by atoms with Crippen molar-refractivity contribution >= 4 is 11.6 Å². The Morgan fingerprint density at radius 3 is 2.89 bits per heavy atom. The van der Waals surface area contributed by atoms with Crippen molar-refractivity contribution in [1.29, 1.82) is 0 Å². The van der Waals surface area contributed by atoms with Gasteiger partial charge in [-0.1, -0.05) is 17.7 Å². The summed E-state index contributed by atoms with van der Waals surface area (Å²) in [4.78, 5) is 0. The molecule has 1 aromatic rings. The zero-order chi connectivity index (χ0) is 13.9. The van der Waals surface area contributed by atoms with E-state index in [0.29, 0.717) is 24.8 Å². The molecule has 0 aromatic heterocycles. The van der Waals surface area contributed by atoms with Crippen molar-refractivity contribution in [2.75, 3.05) is 26.9 Å². The molecule has 0 fully saturated rings. The average Bonchev–Trinajstić information content (AvgIpc) is 2.42. The van der Waals surface area contributed by atoms with Crippen molar-refractivity contribution in [3.8, 4) is 17.6 Å². The Bertz CT molecular complexity index is 438. The van der Waals surface area contributed by atoms with Crippen LogP contribution in [0.3, 0.4) is 0 Å². The van der Waals surface area contributed by atoms with Crippen LogP contribution in [-0.2, 0) is 11.3 Å². The first-order valence-electron chi connectivity index (χ1n) is 6.29. The van der Waals surface area contributed by atoms with E-state index in [1.165, 1.54) is 0 Å². The molecule has 1 aromatic carbocycles. The Balaban J connectivity index is 2.57. The van der Waals surface area contributed by atoms with Gasteiger partial charge in [0.2, 0.25) is 0 Å². The van der Waals surface area contributed by atoms with E-state index in [9.17, 15) is 0 Å². The van der Waals surface area contributed by atoms with E-state index in [2.05, 4.69) is 17.2 Å². The van der Waals surface area contributed by atoms with Gasteiger partial charge in [0, 0.05) is 37.2 Å². The quantitative estimate of drug-likeness (QED) is 0.587. The number of methoxy groups -OCH3 is 1. The molecule has 3 nitrogen and oxygen atoms in total. The van der Waals surface area contributed by atoms with Crippen molar-refractivity contribution in [3.63, 3.8) is 0 Å². The molecule has 19 heavy (non-hydrogen) atoms. The van der Waals surface area contributed by atoms with Crippen LogP contribution < -0.4 is 10.1 Å². The lowest BCUT2D eigenvalue weighted by Crippen LogP contribution is -2.19. The summed E-state index contributed by atoms with van der Waals surface area (Å²) in [5.41, 5.74) is 0.977. The lowest BCUT2D eigenvalue weighted by Gasteiger charge is -2.13. The van der Waals surface area contributed by atoms with Gasteiger partial charge in [0.15, 0.2) is 0 Å². The van der Waals surface area contributed by atoms with Gasteiger partial charge in [-0.2, -0.15) is 0 Å². The number of hydrogen-bond acceptors (Lipinski definition) is 3. The van der Waals surface area contributed by atoms with Crippen LogP contribution in [0.25, 0.3) is 0 Å². The highest BCUT2D eigenvalue weighted by Gasteiger charge is 2.07. The Kier molecular flexibility index (Phi) is 8.08. The summed E-state index contributed by atoms with van der Waals surface area (Å²) < 4.78 is 10.7.